The molecule has 114 valence electrons. The summed E-state index contributed by atoms with van der Waals surface area (Å²) >= 11 is 0. The van der Waals surface area contributed by atoms with Crippen LogP contribution >= 0.6 is 0 Å². The van der Waals surface area contributed by atoms with Gasteiger partial charge < -0.3 is 19.1 Å². The Morgan fingerprint density at radius 1 is 1.19 bits per heavy atom. The molecule has 0 radical (unpaired) electrons. The van der Waals surface area contributed by atoms with Crippen molar-refractivity contribution >= 4 is 5.91 Å². The number of rotatable bonds is 4. The first-order chi connectivity index (χ1) is 10.1. The predicted molar refractivity (Wildman–Crippen MR) is 78.1 cm³/mol. The number of fused-ring (bicyclic) bond motifs is 1. The van der Waals surface area contributed by atoms with Gasteiger partial charge in [-0.2, -0.15) is 0 Å². The third kappa shape index (κ3) is 2.03. The quantitative estimate of drug-likeness (QED) is 0.849. The van der Waals surface area contributed by atoms with Gasteiger partial charge in [0.25, 0.3) is 0 Å². The van der Waals surface area contributed by atoms with Crippen LogP contribution in [-0.2, 0) is 10.2 Å². The lowest BCUT2D eigenvalue weighted by Crippen LogP contribution is -2.30. The zero-order chi connectivity index (χ0) is 15.2. The largest absolute Gasteiger partial charge is 0.493 e. The maximum Gasteiger partial charge on any atom is 0.219 e. The van der Waals surface area contributed by atoms with E-state index in [0.29, 0.717) is 23.2 Å². The molecule has 5 nitrogen and oxygen atoms in total. The van der Waals surface area contributed by atoms with Gasteiger partial charge in [0.15, 0.2) is 11.5 Å². The fraction of sp³-hybridized carbons (Fsp3) is 0.562. The van der Waals surface area contributed by atoms with Crippen LogP contribution in [0.2, 0.25) is 0 Å². The maximum absolute atomic E-state index is 11.6. The highest BCUT2D eigenvalue weighted by molar-refractivity contribution is 5.74. The molecule has 1 aliphatic heterocycles. The summed E-state index contributed by atoms with van der Waals surface area (Å²) in [6.07, 6.45) is 1.12. The summed E-state index contributed by atoms with van der Waals surface area (Å²) in [6.45, 7) is 3.27. The Labute approximate surface area is 124 Å². The number of benzene rings is 1. The van der Waals surface area contributed by atoms with Crippen LogP contribution in [0.5, 0.6) is 17.2 Å². The Morgan fingerprint density at radius 3 is 2.24 bits per heavy atom. The second kappa shape index (κ2) is 4.83. The molecule has 21 heavy (non-hydrogen) atoms. The lowest BCUT2D eigenvalue weighted by atomic mass is 9.94. The molecule has 1 heterocycles. The van der Waals surface area contributed by atoms with E-state index < -0.39 is 0 Å². The molecule has 2 fully saturated rings. The minimum Gasteiger partial charge on any atom is -0.493 e. The Bertz CT molecular complexity index is 561. The molecule has 3 rings (SSSR count). The highest BCUT2D eigenvalue weighted by Gasteiger charge is 2.61. The molecule has 1 saturated heterocycles. The summed E-state index contributed by atoms with van der Waals surface area (Å²) in [5, 5.41) is 0. The van der Waals surface area contributed by atoms with Crippen LogP contribution in [0.25, 0.3) is 0 Å². The van der Waals surface area contributed by atoms with Gasteiger partial charge in [-0.05, 0) is 30.0 Å². The van der Waals surface area contributed by atoms with E-state index in [-0.39, 0.29) is 11.3 Å². The van der Waals surface area contributed by atoms with Crippen LogP contribution in [0.1, 0.15) is 18.9 Å². The molecule has 5 heteroatoms. The highest BCUT2D eigenvalue weighted by Crippen LogP contribution is 2.60. The Balaban J connectivity index is 1.99. The van der Waals surface area contributed by atoms with E-state index >= 15 is 0 Å². The molecule has 2 unspecified atom stereocenters. The van der Waals surface area contributed by atoms with Crippen LogP contribution in [0, 0.1) is 5.92 Å². The second-order valence-electron chi connectivity index (χ2n) is 5.87. The molecule has 1 saturated carbocycles. The molecule has 0 N–H and O–H groups in total. The molecular formula is C16H21NO4. The average molecular weight is 291 g/mol. The fourth-order valence-electron chi connectivity index (χ4n) is 3.54. The van der Waals surface area contributed by atoms with Gasteiger partial charge in [0.2, 0.25) is 11.7 Å². The van der Waals surface area contributed by atoms with Gasteiger partial charge in [0.1, 0.15) is 0 Å². The number of methoxy groups -OCH3 is 3. The molecule has 1 aliphatic carbocycles. The number of piperidine rings is 1. The third-order valence-electron chi connectivity index (χ3n) is 4.83. The zero-order valence-electron chi connectivity index (χ0n) is 12.9. The van der Waals surface area contributed by atoms with Crippen molar-refractivity contribution in [3.8, 4) is 17.2 Å². The van der Waals surface area contributed by atoms with Crippen molar-refractivity contribution in [2.45, 2.75) is 18.8 Å². The number of amides is 1. The smallest absolute Gasteiger partial charge is 0.219 e. The van der Waals surface area contributed by atoms with Crippen molar-refractivity contribution in [2.24, 2.45) is 5.92 Å². The maximum atomic E-state index is 11.6. The van der Waals surface area contributed by atoms with Gasteiger partial charge >= 0.3 is 0 Å². The summed E-state index contributed by atoms with van der Waals surface area (Å²) in [5.41, 5.74) is 1.24. The van der Waals surface area contributed by atoms with Crippen LogP contribution in [0.4, 0.5) is 0 Å². The van der Waals surface area contributed by atoms with E-state index in [1.54, 1.807) is 28.3 Å². The summed E-state index contributed by atoms with van der Waals surface area (Å²) in [4.78, 5) is 13.5. The first kappa shape index (κ1) is 14.0. The zero-order valence-corrected chi connectivity index (χ0v) is 12.9. The number of nitrogens with zero attached hydrogens (tertiary/aromatic N) is 1. The molecule has 1 aromatic rings. The summed E-state index contributed by atoms with van der Waals surface area (Å²) < 4.78 is 16.2. The number of hydrogen-bond donors (Lipinski definition) is 0. The number of ether oxygens (including phenoxy) is 3. The van der Waals surface area contributed by atoms with Crippen LogP contribution in [0.15, 0.2) is 12.1 Å². The van der Waals surface area contributed by atoms with Crippen molar-refractivity contribution in [3.05, 3.63) is 17.7 Å². The molecule has 1 aromatic carbocycles. The minimum atomic E-state index is 0.0680. The lowest BCUT2D eigenvalue weighted by Gasteiger charge is -2.21. The van der Waals surface area contributed by atoms with Crippen molar-refractivity contribution in [2.75, 3.05) is 34.4 Å². The summed E-state index contributed by atoms with van der Waals surface area (Å²) in [5.74, 6) is 2.65. The van der Waals surface area contributed by atoms with Gasteiger partial charge in [-0.1, -0.05) is 0 Å². The van der Waals surface area contributed by atoms with Crippen LogP contribution < -0.4 is 14.2 Å². The topological polar surface area (TPSA) is 48.0 Å². The standard InChI is InChI=1S/C16H21NO4/c1-10(18)17-8-12-7-16(12,9-17)11-5-13(19-2)15(21-4)14(6-11)20-3/h5-6,12H,7-9H2,1-4H3. The first-order valence-corrected chi connectivity index (χ1v) is 7.11. The van der Waals surface area contributed by atoms with E-state index in [2.05, 4.69) is 0 Å². The third-order valence-corrected chi connectivity index (χ3v) is 4.83. The van der Waals surface area contributed by atoms with Crippen molar-refractivity contribution in [3.63, 3.8) is 0 Å². The molecule has 1 amide bonds. The highest BCUT2D eigenvalue weighted by atomic mass is 16.5. The molecule has 2 atom stereocenters. The van der Waals surface area contributed by atoms with Crippen molar-refractivity contribution in [1.29, 1.82) is 0 Å². The normalized spacial score (nSPS) is 26.3. The van der Waals surface area contributed by atoms with Gasteiger partial charge in [-0.3, -0.25) is 4.79 Å². The van der Waals surface area contributed by atoms with Crippen molar-refractivity contribution in [1.82, 2.24) is 4.90 Å². The van der Waals surface area contributed by atoms with E-state index in [0.717, 1.165) is 19.5 Å². The molecule has 0 aromatic heterocycles. The monoisotopic (exact) mass is 291 g/mol. The second-order valence-corrected chi connectivity index (χ2v) is 5.87. The van der Waals surface area contributed by atoms with Crippen LogP contribution in [-0.4, -0.2) is 45.2 Å². The van der Waals surface area contributed by atoms with E-state index in [9.17, 15) is 4.79 Å². The molecular weight excluding hydrogens is 270 g/mol. The van der Waals surface area contributed by atoms with Crippen LogP contribution in [0.3, 0.4) is 0 Å². The van der Waals surface area contributed by atoms with Gasteiger partial charge in [-0.25, -0.2) is 0 Å². The van der Waals surface area contributed by atoms with E-state index in [1.165, 1.54) is 5.56 Å². The fourth-order valence-corrected chi connectivity index (χ4v) is 3.54. The van der Waals surface area contributed by atoms with E-state index in [4.69, 9.17) is 14.2 Å². The van der Waals surface area contributed by atoms with E-state index in [1.807, 2.05) is 17.0 Å². The number of hydrogen-bond acceptors (Lipinski definition) is 4. The van der Waals surface area contributed by atoms with Crippen molar-refractivity contribution < 1.29 is 19.0 Å². The molecule has 2 aliphatic rings. The lowest BCUT2D eigenvalue weighted by molar-refractivity contribution is -0.128. The first-order valence-electron chi connectivity index (χ1n) is 7.11. The number of carbonyl (C=O) groups is 1. The molecule has 0 spiro atoms. The Hall–Kier alpha value is -1.91. The number of likely N-dealkylation sites (tertiary alicyclic amines) is 1. The van der Waals surface area contributed by atoms with Gasteiger partial charge in [-0.15, -0.1) is 0 Å². The SMILES string of the molecule is COc1cc(C23CC2CN(C(C)=O)C3)cc(OC)c1OC. The van der Waals surface area contributed by atoms with Gasteiger partial charge in [0.05, 0.1) is 21.3 Å². The summed E-state index contributed by atoms with van der Waals surface area (Å²) in [7, 11) is 4.85. The average Bonchev–Trinajstić information content (AvgIpc) is 3.07. The Morgan fingerprint density at radius 2 is 1.81 bits per heavy atom. The Kier molecular flexibility index (Phi) is 3.23. The van der Waals surface area contributed by atoms with Gasteiger partial charge in [0, 0.05) is 25.4 Å². The predicted octanol–water partition coefficient (Wildman–Crippen LogP) is 1.83. The number of carbonyl (C=O) groups excluding carboxylic acids is 1. The minimum absolute atomic E-state index is 0.0680. The molecule has 0 bridgehead atoms. The summed E-state index contributed by atoms with van der Waals surface area (Å²) in [6, 6.07) is 4.04.